The highest BCUT2D eigenvalue weighted by molar-refractivity contribution is 5.94. The summed E-state index contributed by atoms with van der Waals surface area (Å²) in [4.78, 5) is 4.54. The van der Waals surface area contributed by atoms with Crippen LogP contribution in [-0.2, 0) is 13.1 Å². The summed E-state index contributed by atoms with van der Waals surface area (Å²) in [7, 11) is 0. The van der Waals surface area contributed by atoms with Crippen molar-refractivity contribution in [3.8, 4) is 6.07 Å². The van der Waals surface area contributed by atoms with E-state index in [2.05, 4.69) is 46.9 Å². The molecule has 2 aromatic carbocycles. The van der Waals surface area contributed by atoms with Gasteiger partial charge in [0.2, 0.25) is 0 Å². The van der Waals surface area contributed by atoms with Gasteiger partial charge in [0.05, 0.1) is 5.52 Å². The van der Waals surface area contributed by atoms with Crippen molar-refractivity contribution < 1.29 is 4.39 Å². The van der Waals surface area contributed by atoms with Gasteiger partial charge in [-0.2, -0.15) is 5.26 Å². The number of nitriles is 1. The highest BCUT2D eigenvalue weighted by Gasteiger charge is 2.17. The van der Waals surface area contributed by atoms with Gasteiger partial charge in [0.25, 0.3) is 0 Å². The molecule has 0 saturated heterocycles. The summed E-state index contributed by atoms with van der Waals surface area (Å²) in [5.41, 5.74) is 5.77. The predicted molar refractivity (Wildman–Crippen MR) is 120 cm³/mol. The Morgan fingerprint density at radius 1 is 1.03 bits per heavy atom. The van der Waals surface area contributed by atoms with Gasteiger partial charge in [-0.25, -0.2) is 9.37 Å². The Morgan fingerprint density at radius 2 is 1.73 bits per heavy atom. The Kier molecular flexibility index (Phi) is 6.39. The Hall–Kier alpha value is -3.36. The number of fused-ring (bicyclic) bond motifs is 1. The van der Waals surface area contributed by atoms with Crippen molar-refractivity contribution in [2.75, 3.05) is 5.32 Å². The molecule has 30 heavy (non-hydrogen) atoms. The highest BCUT2D eigenvalue weighted by Crippen LogP contribution is 2.31. The lowest BCUT2D eigenvalue weighted by atomic mass is 10.1. The van der Waals surface area contributed by atoms with Crippen LogP contribution in [0.3, 0.4) is 0 Å². The Morgan fingerprint density at radius 3 is 2.40 bits per heavy atom. The van der Waals surface area contributed by atoms with Crippen molar-refractivity contribution in [3.05, 3.63) is 94.6 Å². The predicted octanol–water partition coefficient (Wildman–Crippen LogP) is 5.75. The molecule has 0 radical (unpaired) electrons. The fraction of sp³-hybridized carbons (Fsp3) is 0.167. The lowest BCUT2D eigenvalue weighted by molar-refractivity contribution is 0.627. The third-order valence-corrected chi connectivity index (χ3v) is 5.29. The molecule has 2 heterocycles. The zero-order valence-corrected chi connectivity index (χ0v) is 17.6. The standard InChI is InChI=1S/C24H21FN4.ClH/c1-16-17(2)29(15-19-6-4-3-5-7-19)23-22(16)12-21(13-26)28-24(23)27-14-18-8-10-20(25)11-9-18;/h3-12H,14-15H2,1-2H3,(H,27,28);1H. The smallest absolute Gasteiger partial charge is 0.152 e. The molecule has 0 fully saturated rings. The Balaban J connectivity index is 0.00000256. The largest absolute Gasteiger partial charge is 0.364 e. The molecule has 4 nitrogen and oxygen atoms in total. The van der Waals surface area contributed by atoms with Gasteiger partial charge >= 0.3 is 0 Å². The summed E-state index contributed by atoms with van der Waals surface area (Å²) >= 11 is 0. The Labute approximate surface area is 181 Å². The third kappa shape index (κ3) is 4.14. The number of pyridine rings is 1. The molecule has 0 bridgehead atoms. The first-order valence-corrected chi connectivity index (χ1v) is 9.49. The van der Waals surface area contributed by atoms with Crippen molar-refractivity contribution in [2.24, 2.45) is 0 Å². The fourth-order valence-electron chi connectivity index (χ4n) is 3.59. The van der Waals surface area contributed by atoms with E-state index in [0.29, 0.717) is 18.1 Å². The van der Waals surface area contributed by atoms with Crippen LogP contribution in [0, 0.1) is 31.0 Å². The van der Waals surface area contributed by atoms with E-state index < -0.39 is 0 Å². The van der Waals surface area contributed by atoms with Crippen molar-refractivity contribution in [1.29, 1.82) is 5.26 Å². The molecule has 1 N–H and O–H groups in total. The number of anilines is 1. The topological polar surface area (TPSA) is 53.6 Å². The van der Waals surface area contributed by atoms with Gasteiger partial charge in [0.1, 0.15) is 17.6 Å². The number of hydrogen-bond donors (Lipinski definition) is 1. The first kappa shape index (κ1) is 21.4. The van der Waals surface area contributed by atoms with Gasteiger partial charge in [-0.1, -0.05) is 42.5 Å². The number of aryl methyl sites for hydroxylation is 1. The van der Waals surface area contributed by atoms with E-state index in [1.165, 1.54) is 17.7 Å². The summed E-state index contributed by atoms with van der Waals surface area (Å²) in [5, 5.41) is 13.8. The minimum atomic E-state index is -0.260. The van der Waals surface area contributed by atoms with E-state index in [0.717, 1.165) is 34.3 Å². The van der Waals surface area contributed by atoms with E-state index in [1.807, 2.05) is 24.3 Å². The molecular formula is C24H22ClFN4. The SMILES string of the molecule is Cc1c(C)n(Cc2ccccc2)c2c(NCc3ccc(F)cc3)nc(C#N)cc12.Cl. The number of nitrogens with zero attached hydrogens (tertiary/aromatic N) is 3. The number of nitrogens with one attached hydrogen (secondary N) is 1. The molecule has 0 spiro atoms. The second-order valence-corrected chi connectivity index (χ2v) is 7.13. The van der Waals surface area contributed by atoms with E-state index in [-0.39, 0.29) is 18.2 Å². The van der Waals surface area contributed by atoms with Crippen LogP contribution in [0.5, 0.6) is 0 Å². The van der Waals surface area contributed by atoms with Crippen molar-refractivity contribution >= 4 is 29.1 Å². The molecule has 4 aromatic rings. The van der Waals surface area contributed by atoms with Gasteiger partial charge in [-0.15, -0.1) is 12.4 Å². The zero-order valence-electron chi connectivity index (χ0n) is 16.8. The first-order valence-electron chi connectivity index (χ1n) is 9.49. The number of benzene rings is 2. The third-order valence-electron chi connectivity index (χ3n) is 5.29. The van der Waals surface area contributed by atoms with Crippen LogP contribution in [0.1, 0.15) is 28.1 Å². The van der Waals surface area contributed by atoms with Crippen LogP contribution >= 0.6 is 12.4 Å². The van der Waals surface area contributed by atoms with Crippen LogP contribution in [-0.4, -0.2) is 9.55 Å². The zero-order chi connectivity index (χ0) is 20.4. The molecule has 4 rings (SSSR count). The van der Waals surface area contributed by atoms with E-state index >= 15 is 0 Å². The quantitative estimate of drug-likeness (QED) is 0.447. The van der Waals surface area contributed by atoms with Crippen LogP contribution < -0.4 is 5.32 Å². The molecular weight excluding hydrogens is 399 g/mol. The van der Waals surface area contributed by atoms with E-state index in [4.69, 9.17) is 0 Å². The molecule has 2 aromatic heterocycles. The van der Waals surface area contributed by atoms with Gasteiger partial charge in [-0.3, -0.25) is 0 Å². The van der Waals surface area contributed by atoms with Crippen molar-refractivity contribution in [3.63, 3.8) is 0 Å². The summed E-state index contributed by atoms with van der Waals surface area (Å²) < 4.78 is 15.4. The normalized spacial score (nSPS) is 10.5. The van der Waals surface area contributed by atoms with Crippen LogP contribution in [0.4, 0.5) is 10.2 Å². The molecule has 0 aliphatic rings. The van der Waals surface area contributed by atoms with Gasteiger partial charge < -0.3 is 9.88 Å². The monoisotopic (exact) mass is 420 g/mol. The minimum absolute atomic E-state index is 0. The lowest BCUT2D eigenvalue weighted by Gasteiger charge is -2.13. The number of rotatable bonds is 5. The molecule has 0 unspecified atom stereocenters. The van der Waals surface area contributed by atoms with Crippen LogP contribution in [0.25, 0.3) is 10.9 Å². The van der Waals surface area contributed by atoms with Gasteiger partial charge in [-0.05, 0) is 48.7 Å². The second kappa shape index (κ2) is 8.98. The molecule has 0 aliphatic heterocycles. The number of aromatic nitrogens is 2. The lowest BCUT2D eigenvalue weighted by Crippen LogP contribution is -2.07. The van der Waals surface area contributed by atoms with Gasteiger partial charge in [0, 0.05) is 24.2 Å². The molecule has 0 amide bonds. The molecule has 0 saturated carbocycles. The molecule has 0 atom stereocenters. The maximum atomic E-state index is 13.2. The van der Waals surface area contributed by atoms with Crippen LogP contribution in [0.15, 0.2) is 60.7 Å². The minimum Gasteiger partial charge on any atom is -0.364 e. The maximum Gasteiger partial charge on any atom is 0.152 e. The summed E-state index contributed by atoms with van der Waals surface area (Å²) in [5.74, 6) is 0.402. The summed E-state index contributed by atoms with van der Waals surface area (Å²) in [6.45, 7) is 5.37. The maximum absolute atomic E-state index is 13.2. The average molecular weight is 421 g/mol. The Bertz CT molecular complexity index is 1210. The van der Waals surface area contributed by atoms with E-state index in [9.17, 15) is 9.65 Å². The molecule has 152 valence electrons. The number of hydrogen-bond acceptors (Lipinski definition) is 3. The van der Waals surface area contributed by atoms with Gasteiger partial charge in [0.15, 0.2) is 5.82 Å². The number of halogens is 2. The second-order valence-electron chi connectivity index (χ2n) is 7.13. The van der Waals surface area contributed by atoms with E-state index in [1.54, 1.807) is 12.1 Å². The highest BCUT2D eigenvalue weighted by atomic mass is 35.5. The summed E-state index contributed by atoms with van der Waals surface area (Å²) in [6.07, 6.45) is 0. The molecule has 0 aliphatic carbocycles. The average Bonchev–Trinajstić information content (AvgIpc) is 2.98. The summed E-state index contributed by atoms with van der Waals surface area (Å²) in [6, 6.07) is 20.7. The fourth-order valence-corrected chi connectivity index (χ4v) is 3.59. The molecule has 6 heteroatoms. The van der Waals surface area contributed by atoms with Crippen molar-refractivity contribution in [2.45, 2.75) is 26.9 Å². The van der Waals surface area contributed by atoms with Crippen LogP contribution in [0.2, 0.25) is 0 Å². The van der Waals surface area contributed by atoms with Crippen molar-refractivity contribution in [1.82, 2.24) is 9.55 Å². The first-order chi connectivity index (χ1) is 14.1.